The number of carboxylic acid groups (broad SMARTS) is 1. The maximum atomic E-state index is 12.0. The second kappa shape index (κ2) is 4.10. The molecule has 1 amide bonds. The lowest BCUT2D eigenvalue weighted by atomic mass is 10.1. The number of carboxylic acids is 1. The first-order valence-electron chi connectivity index (χ1n) is 5.23. The number of hydrogen-bond donors (Lipinski definition) is 1. The minimum absolute atomic E-state index is 0.166. The zero-order valence-electron chi connectivity index (χ0n) is 9.49. The fraction of sp³-hybridized carbons (Fsp3) is 0.273. The largest absolute Gasteiger partial charge is 0.480 e. The number of nitro groups is 1. The van der Waals surface area contributed by atoms with E-state index < -0.39 is 22.8 Å². The van der Waals surface area contributed by atoms with Crippen LogP contribution < -0.4 is 0 Å². The second-order valence-corrected chi connectivity index (χ2v) is 4.05. The van der Waals surface area contributed by atoms with Gasteiger partial charge in [-0.1, -0.05) is 0 Å². The van der Waals surface area contributed by atoms with Gasteiger partial charge in [-0.25, -0.2) is 4.79 Å². The Labute approximate surface area is 102 Å². The molecule has 0 aromatic heterocycles. The van der Waals surface area contributed by atoms with E-state index in [1.165, 1.54) is 30.0 Å². The van der Waals surface area contributed by atoms with Gasteiger partial charge in [0.25, 0.3) is 11.6 Å². The Hall–Kier alpha value is -2.44. The van der Waals surface area contributed by atoms with Crippen LogP contribution in [-0.4, -0.2) is 32.8 Å². The fourth-order valence-electron chi connectivity index (χ4n) is 1.87. The highest BCUT2D eigenvalue weighted by Gasteiger charge is 2.34. The highest BCUT2D eigenvalue weighted by Crippen LogP contribution is 2.27. The Bertz CT molecular complexity index is 554. The smallest absolute Gasteiger partial charge is 0.326 e. The molecule has 7 heteroatoms. The molecule has 0 aliphatic carbocycles. The molecule has 0 saturated heterocycles. The van der Waals surface area contributed by atoms with E-state index in [1.807, 2.05) is 0 Å². The van der Waals surface area contributed by atoms with Crippen molar-refractivity contribution in [2.75, 3.05) is 0 Å². The molecule has 1 aliphatic rings. The second-order valence-electron chi connectivity index (χ2n) is 4.05. The van der Waals surface area contributed by atoms with Crippen LogP contribution in [0.3, 0.4) is 0 Å². The topological polar surface area (TPSA) is 101 Å². The number of hydrogen-bond acceptors (Lipinski definition) is 4. The lowest BCUT2D eigenvalue weighted by Gasteiger charge is -2.19. The van der Waals surface area contributed by atoms with Gasteiger partial charge in [-0.2, -0.15) is 0 Å². The molecule has 94 valence electrons. The summed E-state index contributed by atoms with van der Waals surface area (Å²) < 4.78 is 0. The SMILES string of the molecule is C[C@@H](C(=O)O)N1Cc2ccc([N+](=O)[O-])cc2C1=O. The predicted molar refractivity (Wildman–Crippen MR) is 60.1 cm³/mol. The summed E-state index contributed by atoms with van der Waals surface area (Å²) in [5.41, 5.74) is 0.642. The van der Waals surface area contributed by atoms with E-state index in [2.05, 4.69) is 0 Å². The zero-order valence-corrected chi connectivity index (χ0v) is 9.49. The summed E-state index contributed by atoms with van der Waals surface area (Å²) in [6.45, 7) is 1.57. The summed E-state index contributed by atoms with van der Waals surface area (Å²) in [6.07, 6.45) is 0. The Kier molecular flexibility index (Phi) is 2.74. The number of benzene rings is 1. The van der Waals surface area contributed by atoms with Gasteiger partial charge in [0.15, 0.2) is 0 Å². The highest BCUT2D eigenvalue weighted by atomic mass is 16.6. The Balaban J connectivity index is 2.37. The van der Waals surface area contributed by atoms with Crippen molar-refractivity contribution in [3.8, 4) is 0 Å². The quantitative estimate of drug-likeness (QED) is 0.637. The summed E-state index contributed by atoms with van der Waals surface area (Å²) in [6, 6.07) is 3.02. The van der Waals surface area contributed by atoms with E-state index in [9.17, 15) is 19.7 Å². The molecule has 1 aliphatic heterocycles. The first-order valence-corrected chi connectivity index (χ1v) is 5.23. The first-order chi connectivity index (χ1) is 8.41. The van der Waals surface area contributed by atoms with Gasteiger partial charge < -0.3 is 10.0 Å². The lowest BCUT2D eigenvalue weighted by molar-refractivity contribution is -0.384. The number of amides is 1. The molecule has 1 atom stereocenters. The Morgan fingerprint density at radius 3 is 2.78 bits per heavy atom. The van der Waals surface area contributed by atoms with Crippen LogP contribution in [0.2, 0.25) is 0 Å². The van der Waals surface area contributed by atoms with E-state index in [4.69, 9.17) is 5.11 Å². The number of fused-ring (bicyclic) bond motifs is 1. The number of aliphatic carboxylic acids is 1. The predicted octanol–water partition coefficient (Wildman–Crippen LogP) is 1.02. The van der Waals surface area contributed by atoms with E-state index in [-0.39, 0.29) is 17.8 Å². The summed E-state index contributed by atoms with van der Waals surface area (Å²) >= 11 is 0. The van der Waals surface area contributed by atoms with Crippen LogP contribution in [0.5, 0.6) is 0 Å². The number of nitrogens with zero attached hydrogens (tertiary/aromatic N) is 2. The van der Waals surface area contributed by atoms with Crippen LogP contribution in [0.4, 0.5) is 5.69 Å². The van der Waals surface area contributed by atoms with Gasteiger partial charge in [0.05, 0.1) is 10.5 Å². The Morgan fingerprint density at radius 1 is 1.56 bits per heavy atom. The molecule has 1 heterocycles. The lowest BCUT2D eigenvalue weighted by Crippen LogP contribution is -2.38. The molecule has 7 nitrogen and oxygen atoms in total. The molecule has 18 heavy (non-hydrogen) atoms. The minimum atomic E-state index is -1.11. The summed E-state index contributed by atoms with van der Waals surface area (Å²) in [7, 11) is 0. The maximum absolute atomic E-state index is 12.0. The van der Waals surface area contributed by atoms with Gasteiger partial charge in [-0.15, -0.1) is 0 Å². The number of non-ortho nitro benzene ring substituents is 1. The zero-order chi connectivity index (χ0) is 13.4. The molecule has 0 saturated carbocycles. The molecular formula is C11H10N2O5. The number of rotatable bonds is 3. The number of carbonyl (C=O) groups is 2. The van der Waals surface area contributed by atoms with Gasteiger partial charge in [0.1, 0.15) is 6.04 Å². The van der Waals surface area contributed by atoms with Gasteiger partial charge in [0.2, 0.25) is 0 Å². The average Bonchev–Trinajstić information content (AvgIpc) is 2.65. The van der Waals surface area contributed by atoms with Gasteiger partial charge in [-0.3, -0.25) is 14.9 Å². The maximum Gasteiger partial charge on any atom is 0.326 e. The van der Waals surface area contributed by atoms with Crippen molar-refractivity contribution in [2.45, 2.75) is 19.5 Å². The fourth-order valence-corrected chi connectivity index (χ4v) is 1.87. The molecule has 0 bridgehead atoms. The van der Waals surface area contributed by atoms with E-state index in [0.717, 1.165) is 0 Å². The summed E-state index contributed by atoms with van der Waals surface area (Å²) in [5.74, 6) is -1.59. The monoisotopic (exact) mass is 250 g/mol. The minimum Gasteiger partial charge on any atom is -0.480 e. The van der Waals surface area contributed by atoms with Crippen molar-refractivity contribution in [3.63, 3.8) is 0 Å². The summed E-state index contributed by atoms with van der Waals surface area (Å²) in [5, 5.41) is 19.5. The van der Waals surface area contributed by atoms with Gasteiger partial charge in [-0.05, 0) is 18.6 Å². The molecular weight excluding hydrogens is 240 g/mol. The molecule has 1 aromatic carbocycles. The van der Waals surface area contributed by atoms with E-state index >= 15 is 0 Å². The third-order valence-corrected chi connectivity index (χ3v) is 2.96. The number of nitro benzene ring substituents is 1. The van der Waals surface area contributed by atoms with Crippen LogP contribution in [-0.2, 0) is 11.3 Å². The van der Waals surface area contributed by atoms with Crippen molar-refractivity contribution in [1.82, 2.24) is 4.90 Å². The van der Waals surface area contributed by atoms with Crippen LogP contribution in [0.15, 0.2) is 18.2 Å². The first kappa shape index (κ1) is 12.0. The highest BCUT2D eigenvalue weighted by molar-refractivity contribution is 6.00. The van der Waals surface area contributed by atoms with Crippen molar-refractivity contribution in [1.29, 1.82) is 0 Å². The van der Waals surface area contributed by atoms with Gasteiger partial charge in [0, 0.05) is 18.7 Å². The molecule has 0 unspecified atom stereocenters. The molecule has 0 fully saturated rings. The van der Waals surface area contributed by atoms with Crippen LogP contribution in [0, 0.1) is 10.1 Å². The van der Waals surface area contributed by atoms with Crippen molar-refractivity contribution in [2.24, 2.45) is 0 Å². The third kappa shape index (κ3) is 1.79. The molecule has 0 spiro atoms. The van der Waals surface area contributed by atoms with Crippen LogP contribution in [0.25, 0.3) is 0 Å². The Morgan fingerprint density at radius 2 is 2.22 bits per heavy atom. The van der Waals surface area contributed by atoms with Crippen LogP contribution in [0.1, 0.15) is 22.8 Å². The molecule has 0 radical (unpaired) electrons. The van der Waals surface area contributed by atoms with Crippen molar-refractivity contribution in [3.05, 3.63) is 39.4 Å². The van der Waals surface area contributed by atoms with Crippen LogP contribution >= 0.6 is 0 Å². The normalized spacial score (nSPS) is 15.4. The van der Waals surface area contributed by atoms with E-state index in [0.29, 0.717) is 5.56 Å². The van der Waals surface area contributed by atoms with Crippen molar-refractivity contribution >= 4 is 17.6 Å². The van der Waals surface area contributed by atoms with Gasteiger partial charge >= 0.3 is 5.97 Å². The number of carbonyl (C=O) groups excluding carboxylic acids is 1. The van der Waals surface area contributed by atoms with E-state index in [1.54, 1.807) is 0 Å². The average molecular weight is 250 g/mol. The molecule has 2 rings (SSSR count). The molecule has 1 N–H and O–H groups in total. The van der Waals surface area contributed by atoms with Crippen molar-refractivity contribution < 1.29 is 19.6 Å². The standard InChI is InChI=1S/C11H10N2O5/c1-6(11(15)16)12-5-7-2-3-8(13(17)18)4-9(7)10(12)14/h2-4,6H,5H2,1H3,(H,15,16)/t6-/m0/s1. The molecule has 1 aromatic rings. The third-order valence-electron chi connectivity index (χ3n) is 2.96. The summed E-state index contributed by atoms with van der Waals surface area (Å²) in [4.78, 5) is 34.0.